The van der Waals surface area contributed by atoms with E-state index in [0.29, 0.717) is 24.3 Å². The summed E-state index contributed by atoms with van der Waals surface area (Å²) in [6.07, 6.45) is 6.54. The number of aromatic nitrogens is 5. The van der Waals surface area contributed by atoms with Crippen LogP contribution in [0.15, 0.2) is 66.9 Å². The normalized spacial score (nSPS) is 18.6. The van der Waals surface area contributed by atoms with Crippen LogP contribution in [0.1, 0.15) is 95.7 Å². The number of fused-ring (bicyclic) bond motifs is 2. The van der Waals surface area contributed by atoms with Gasteiger partial charge in [0.1, 0.15) is 24.3 Å². The van der Waals surface area contributed by atoms with Crippen molar-refractivity contribution in [2.45, 2.75) is 89.8 Å². The average Bonchev–Trinajstić information content (AvgIpc) is 3.73. The topological polar surface area (TPSA) is 131 Å². The first-order valence-electron chi connectivity index (χ1n) is 18.0. The molecule has 52 heavy (non-hydrogen) atoms. The Morgan fingerprint density at radius 3 is 2.62 bits per heavy atom. The molecular weight excluding hydrogens is 663 g/mol. The van der Waals surface area contributed by atoms with Crippen LogP contribution in [-0.2, 0) is 5.41 Å². The number of nitrogens with zero attached hydrogens (tertiary/aromatic N) is 6. The third kappa shape index (κ3) is 7.14. The zero-order chi connectivity index (χ0) is 36.6. The standard InChI is InChI=1S/C39H47FN8O4/c1-38(2,3)33-23-35(48(45-33)25-12-14-29(40)32(22-25)51-21-20-49)42-36(50)41-30-15-16-31(28-11-7-6-10-27(28)30)52-26-13-17-34-43-44-37(46(34)24-26)47-19-9-8-18-39(47,4)5/h6-7,10-14,17,22-24,30-31,49H,8-9,15-16,18-21H2,1-5H3,(H2,41,42,50)/t30-,31+/m0/s1. The van der Waals surface area contributed by atoms with E-state index in [1.54, 1.807) is 10.7 Å². The Morgan fingerprint density at radius 1 is 1.04 bits per heavy atom. The highest BCUT2D eigenvalue weighted by molar-refractivity contribution is 5.89. The highest BCUT2D eigenvalue weighted by atomic mass is 19.1. The average molecular weight is 711 g/mol. The largest absolute Gasteiger partial charge is 0.488 e. The maximum Gasteiger partial charge on any atom is 0.320 e. The molecule has 13 heteroatoms. The minimum absolute atomic E-state index is 0.0107. The number of benzene rings is 2. The van der Waals surface area contributed by atoms with E-state index in [1.807, 2.05) is 67.8 Å². The van der Waals surface area contributed by atoms with Gasteiger partial charge in [0.05, 0.1) is 30.2 Å². The minimum Gasteiger partial charge on any atom is -0.488 e. The van der Waals surface area contributed by atoms with E-state index in [2.05, 4.69) is 45.6 Å². The fourth-order valence-electron chi connectivity index (χ4n) is 7.17. The molecule has 2 aromatic carbocycles. The fraction of sp³-hybridized carbons (Fsp3) is 0.436. The number of hydrogen-bond donors (Lipinski definition) is 3. The van der Waals surface area contributed by atoms with Crippen LogP contribution in [0.25, 0.3) is 11.3 Å². The summed E-state index contributed by atoms with van der Waals surface area (Å²) in [5, 5.41) is 29.1. The number of hydrogen-bond acceptors (Lipinski definition) is 8. The maximum absolute atomic E-state index is 14.5. The lowest BCUT2D eigenvalue weighted by atomic mass is 9.85. The molecule has 12 nitrogen and oxygen atoms in total. The van der Waals surface area contributed by atoms with Gasteiger partial charge in [-0.05, 0) is 81.3 Å². The Morgan fingerprint density at radius 2 is 1.85 bits per heavy atom. The Hall–Kier alpha value is -5.17. The van der Waals surface area contributed by atoms with Gasteiger partial charge in [-0.2, -0.15) is 5.10 Å². The Bertz CT molecular complexity index is 2070. The van der Waals surface area contributed by atoms with Crippen molar-refractivity contribution in [3.8, 4) is 17.2 Å². The summed E-state index contributed by atoms with van der Waals surface area (Å²) in [4.78, 5) is 16.0. The van der Waals surface area contributed by atoms with Crippen LogP contribution < -0.4 is 25.0 Å². The van der Waals surface area contributed by atoms with Gasteiger partial charge in [-0.3, -0.25) is 9.72 Å². The van der Waals surface area contributed by atoms with Crippen molar-refractivity contribution in [3.63, 3.8) is 0 Å². The molecule has 3 N–H and O–H groups in total. The molecule has 0 radical (unpaired) electrons. The molecule has 4 heterocycles. The lowest BCUT2D eigenvalue weighted by molar-refractivity contribution is 0.171. The van der Waals surface area contributed by atoms with Gasteiger partial charge in [0, 0.05) is 29.6 Å². The molecule has 1 aliphatic heterocycles. The number of pyridine rings is 1. The van der Waals surface area contributed by atoms with Crippen molar-refractivity contribution in [2.75, 3.05) is 30.0 Å². The molecule has 274 valence electrons. The highest BCUT2D eigenvalue weighted by Gasteiger charge is 2.34. The number of nitrogens with one attached hydrogen (secondary N) is 2. The molecule has 2 amide bonds. The molecule has 1 saturated heterocycles. The van der Waals surface area contributed by atoms with E-state index in [9.17, 15) is 14.3 Å². The van der Waals surface area contributed by atoms with E-state index < -0.39 is 11.8 Å². The van der Waals surface area contributed by atoms with E-state index in [4.69, 9.17) is 14.6 Å². The number of ether oxygens (including phenoxy) is 2. The summed E-state index contributed by atoms with van der Waals surface area (Å²) in [6.45, 7) is 11.2. The predicted molar refractivity (Wildman–Crippen MR) is 197 cm³/mol. The third-order valence-electron chi connectivity index (χ3n) is 10.00. The van der Waals surface area contributed by atoms with Crippen molar-refractivity contribution in [2.24, 2.45) is 0 Å². The number of aliphatic hydroxyl groups excluding tert-OH is 1. The number of urea groups is 1. The van der Waals surface area contributed by atoms with Gasteiger partial charge >= 0.3 is 6.03 Å². The van der Waals surface area contributed by atoms with Crippen LogP contribution in [0.3, 0.4) is 0 Å². The van der Waals surface area contributed by atoms with Crippen molar-refractivity contribution in [3.05, 3.63) is 89.5 Å². The van der Waals surface area contributed by atoms with Gasteiger partial charge in [0.15, 0.2) is 17.2 Å². The number of carbonyl (C=O) groups excluding carboxylic acids is 1. The van der Waals surface area contributed by atoms with Gasteiger partial charge in [-0.1, -0.05) is 45.0 Å². The van der Waals surface area contributed by atoms with Gasteiger partial charge in [0.25, 0.3) is 0 Å². The van der Waals surface area contributed by atoms with Crippen LogP contribution in [0.5, 0.6) is 11.5 Å². The lowest BCUT2D eigenvalue weighted by Crippen LogP contribution is -2.48. The van der Waals surface area contributed by atoms with E-state index in [0.717, 1.165) is 53.6 Å². The zero-order valence-corrected chi connectivity index (χ0v) is 30.4. The molecule has 0 saturated carbocycles. The highest BCUT2D eigenvalue weighted by Crippen LogP contribution is 2.40. The van der Waals surface area contributed by atoms with Crippen molar-refractivity contribution in [1.29, 1.82) is 0 Å². The molecule has 0 spiro atoms. The Balaban J connectivity index is 1.09. The van der Waals surface area contributed by atoms with Gasteiger partial charge in [-0.25, -0.2) is 13.9 Å². The van der Waals surface area contributed by atoms with Crippen molar-refractivity contribution < 1.29 is 23.8 Å². The van der Waals surface area contributed by atoms with E-state index in [-0.39, 0.29) is 42.1 Å². The second-order valence-corrected chi connectivity index (χ2v) is 15.2. The van der Waals surface area contributed by atoms with Crippen LogP contribution in [0.2, 0.25) is 0 Å². The monoisotopic (exact) mass is 710 g/mol. The summed E-state index contributed by atoms with van der Waals surface area (Å²) in [7, 11) is 0. The molecular formula is C39H47FN8O4. The van der Waals surface area contributed by atoms with Crippen LogP contribution in [0, 0.1) is 5.82 Å². The van der Waals surface area contributed by atoms with Crippen LogP contribution in [0.4, 0.5) is 21.0 Å². The number of aliphatic hydroxyl groups is 1. The molecule has 0 bridgehead atoms. The third-order valence-corrected chi connectivity index (χ3v) is 10.00. The van der Waals surface area contributed by atoms with Crippen LogP contribution >= 0.6 is 0 Å². The summed E-state index contributed by atoms with van der Waals surface area (Å²) in [6, 6.07) is 17.4. The van der Waals surface area contributed by atoms with E-state index >= 15 is 0 Å². The molecule has 2 atom stereocenters. The summed E-state index contributed by atoms with van der Waals surface area (Å²) >= 11 is 0. The number of rotatable bonds is 9. The second-order valence-electron chi connectivity index (χ2n) is 15.2. The SMILES string of the molecule is CC(C)(C)c1cc(NC(=O)N[C@H]2CC[C@@H](Oc3ccc4nnc(N5CCCCC5(C)C)n4c3)c3ccccc32)n(-c2ccc(F)c(OCCO)c2)n1. The summed E-state index contributed by atoms with van der Waals surface area (Å²) in [5.74, 6) is 1.40. The number of carbonyl (C=O) groups is 1. The minimum atomic E-state index is -0.559. The number of amides is 2. The maximum atomic E-state index is 14.5. The zero-order valence-electron chi connectivity index (χ0n) is 30.4. The number of anilines is 2. The first kappa shape index (κ1) is 35.2. The lowest BCUT2D eigenvalue weighted by Gasteiger charge is -2.42. The van der Waals surface area contributed by atoms with Gasteiger partial charge in [0.2, 0.25) is 5.95 Å². The molecule has 7 rings (SSSR count). The second kappa shape index (κ2) is 14.1. The molecule has 5 aromatic rings. The quantitative estimate of drug-likeness (QED) is 0.146. The summed E-state index contributed by atoms with van der Waals surface area (Å²) < 4.78 is 30.1. The van der Waals surface area contributed by atoms with Crippen molar-refractivity contribution in [1.82, 2.24) is 29.7 Å². The fourth-order valence-corrected chi connectivity index (χ4v) is 7.17. The molecule has 3 aromatic heterocycles. The predicted octanol–water partition coefficient (Wildman–Crippen LogP) is 7.27. The molecule has 2 aliphatic rings. The molecule has 1 aliphatic carbocycles. The Labute approximate surface area is 303 Å². The van der Waals surface area contributed by atoms with E-state index in [1.165, 1.54) is 18.6 Å². The van der Waals surface area contributed by atoms with Gasteiger partial charge in [-0.15, -0.1) is 10.2 Å². The first-order valence-corrected chi connectivity index (χ1v) is 18.0. The van der Waals surface area contributed by atoms with Crippen molar-refractivity contribution >= 4 is 23.4 Å². The molecule has 1 fully saturated rings. The Kier molecular flexibility index (Phi) is 9.55. The number of halogens is 1. The summed E-state index contributed by atoms with van der Waals surface area (Å²) in [5.41, 5.74) is 3.68. The molecule has 0 unspecified atom stereocenters. The van der Waals surface area contributed by atoms with Crippen LogP contribution in [-0.4, -0.2) is 60.8 Å². The number of piperidine rings is 1. The first-order chi connectivity index (χ1) is 24.9. The smallest absolute Gasteiger partial charge is 0.320 e. The van der Waals surface area contributed by atoms with Gasteiger partial charge < -0.3 is 24.8 Å².